The van der Waals surface area contributed by atoms with E-state index >= 15 is 0 Å². The SMILES string of the molecule is CC/C=C\CCCCCCCCCCOC(=O)c1cc(C(=O)OCCCCCCCCCC/C=C\CC)c[n+](C)c1. The second-order valence-electron chi connectivity index (χ2n) is 11.2. The highest BCUT2D eigenvalue weighted by Crippen LogP contribution is 2.13. The average molecular weight is 571 g/mol. The molecule has 0 spiro atoms. The van der Waals surface area contributed by atoms with Crippen LogP contribution < -0.4 is 4.57 Å². The van der Waals surface area contributed by atoms with E-state index in [4.69, 9.17) is 9.47 Å². The summed E-state index contributed by atoms with van der Waals surface area (Å²) in [4.78, 5) is 25.1. The van der Waals surface area contributed by atoms with Gasteiger partial charge in [0.2, 0.25) is 0 Å². The summed E-state index contributed by atoms with van der Waals surface area (Å²) in [5.41, 5.74) is 0.772. The Hall–Kier alpha value is -2.43. The largest absolute Gasteiger partial charge is 0.462 e. The molecular weight excluding hydrogens is 510 g/mol. The van der Waals surface area contributed by atoms with Crippen molar-refractivity contribution in [2.24, 2.45) is 7.05 Å². The highest BCUT2D eigenvalue weighted by atomic mass is 16.5. The second-order valence-corrected chi connectivity index (χ2v) is 11.2. The van der Waals surface area contributed by atoms with Gasteiger partial charge in [-0.05, 0) is 57.4 Å². The van der Waals surface area contributed by atoms with E-state index in [1.165, 1.54) is 89.9 Å². The summed E-state index contributed by atoms with van der Waals surface area (Å²) < 4.78 is 12.7. The number of hydrogen-bond donors (Lipinski definition) is 0. The lowest BCUT2D eigenvalue weighted by Crippen LogP contribution is -2.31. The lowest BCUT2D eigenvalue weighted by Gasteiger charge is -2.07. The van der Waals surface area contributed by atoms with Gasteiger partial charge in [-0.1, -0.05) is 115 Å². The minimum atomic E-state index is -0.384. The van der Waals surface area contributed by atoms with Crippen LogP contribution in [0.3, 0.4) is 0 Å². The monoisotopic (exact) mass is 570 g/mol. The molecule has 41 heavy (non-hydrogen) atoms. The number of carbonyl (C=O) groups excluding carboxylic acids is 2. The van der Waals surface area contributed by atoms with Crippen LogP contribution >= 0.6 is 0 Å². The molecule has 1 heterocycles. The molecule has 1 aromatic rings. The quantitative estimate of drug-likeness (QED) is 0.0481. The minimum absolute atomic E-state index is 0.384. The van der Waals surface area contributed by atoms with Gasteiger partial charge in [0.25, 0.3) is 0 Å². The summed E-state index contributed by atoms with van der Waals surface area (Å²) >= 11 is 0. The summed E-state index contributed by atoms with van der Waals surface area (Å²) in [6, 6.07) is 1.58. The normalized spacial score (nSPS) is 11.5. The van der Waals surface area contributed by atoms with Gasteiger partial charge in [0.05, 0.1) is 13.2 Å². The second kappa shape index (κ2) is 26.5. The van der Waals surface area contributed by atoms with E-state index < -0.39 is 0 Å². The van der Waals surface area contributed by atoms with Crippen LogP contribution in [-0.2, 0) is 16.5 Å². The molecular formula is C36H60NO4+. The number of esters is 2. The number of aryl methyl sites for hydroxylation is 1. The Kier molecular flexibility index (Phi) is 23.6. The molecule has 0 saturated heterocycles. The fraction of sp³-hybridized carbons (Fsp3) is 0.694. The lowest BCUT2D eigenvalue weighted by molar-refractivity contribution is -0.671. The Morgan fingerprint density at radius 2 is 0.902 bits per heavy atom. The van der Waals surface area contributed by atoms with Gasteiger partial charge in [0.15, 0.2) is 12.4 Å². The predicted octanol–water partition coefficient (Wildman–Crippen LogP) is 9.78. The number of hydrogen-bond acceptors (Lipinski definition) is 4. The van der Waals surface area contributed by atoms with Crippen LogP contribution in [0.25, 0.3) is 0 Å². The van der Waals surface area contributed by atoms with E-state index in [1.54, 1.807) is 30.1 Å². The van der Waals surface area contributed by atoms with Gasteiger partial charge in [0.1, 0.15) is 18.2 Å². The Morgan fingerprint density at radius 1 is 0.561 bits per heavy atom. The summed E-state index contributed by atoms with van der Waals surface area (Å²) in [5, 5.41) is 0. The van der Waals surface area contributed by atoms with Crippen molar-refractivity contribution >= 4 is 11.9 Å². The van der Waals surface area contributed by atoms with Crippen LogP contribution in [0.5, 0.6) is 0 Å². The molecule has 0 radical (unpaired) electrons. The van der Waals surface area contributed by atoms with Gasteiger partial charge < -0.3 is 9.47 Å². The van der Waals surface area contributed by atoms with Crippen molar-refractivity contribution in [3.63, 3.8) is 0 Å². The standard InChI is InChI=1S/C36H60NO4/c1-4-6-8-10-12-14-16-18-20-22-24-26-28-40-35(38)33-30-34(32-37(3)31-33)36(39)41-29-27-25-23-21-19-17-15-13-11-9-7-5-2/h6-9,30-32H,4-5,10-29H2,1-3H3/q+1/b8-6-,9-7-. The van der Waals surface area contributed by atoms with Gasteiger partial charge >= 0.3 is 11.9 Å². The number of nitrogens with zero attached hydrogens (tertiary/aromatic N) is 1. The van der Waals surface area contributed by atoms with Crippen LogP contribution in [0.1, 0.15) is 163 Å². The van der Waals surface area contributed by atoms with E-state index in [0.29, 0.717) is 24.3 Å². The first-order valence-corrected chi connectivity index (χ1v) is 16.7. The van der Waals surface area contributed by atoms with Crippen molar-refractivity contribution in [3.8, 4) is 0 Å². The highest BCUT2D eigenvalue weighted by Gasteiger charge is 2.18. The summed E-state index contributed by atoms with van der Waals surface area (Å²) in [6.07, 6.45) is 36.3. The van der Waals surface area contributed by atoms with Crippen molar-refractivity contribution in [3.05, 3.63) is 53.9 Å². The van der Waals surface area contributed by atoms with Gasteiger partial charge in [-0.2, -0.15) is 0 Å². The molecule has 0 aromatic carbocycles. The van der Waals surface area contributed by atoms with Gasteiger partial charge in [-0.15, -0.1) is 0 Å². The van der Waals surface area contributed by atoms with Crippen molar-refractivity contribution < 1.29 is 23.6 Å². The fourth-order valence-corrected chi connectivity index (χ4v) is 4.86. The molecule has 0 atom stereocenters. The molecule has 0 aliphatic heterocycles. The molecule has 0 unspecified atom stereocenters. The zero-order chi connectivity index (χ0) is 29.8. The third kappa shape index (κ3) is 21.0. The van der Waals surface area contributed by atoms with Crippen molar-refractivity contribution in [1.82, 2.24) is 0 Å². The van der Waals surface area contributed by atoms with Crippen LogP contribution in [-0.4, -0.2) is 25.2 Å². The third-order valence-electron chi connectivity index (χ3n) is 7.27. The van der Waals surface area contributed by atoms with Crippen LogP contribution in [0.2, 0.25) is 0 Å². The molecule has 0 bridgehead atoms. The van der Waals surface area contributed by atoms with Gasteiger partial charge in [-0.3, -0.25) is 0 Å². The number of rotatable bonds is 26. The number of unbranched alkanes of at least 4 members (excludes halogenated alkanes) is 16. The van der Waals surface area contributed by atoms with Gasteiger partial charge in [0, 0.05) is 0 Å². The number of aromatic nitrogens is 1. The maximum absolute atomic E-state index is 12.6. The molecule has 0 fully saturated rings. The maximum Gasteiger partial charge on any atom is 0.344 e. The Bertz CT molecular complexity index is 795. The molecule has 0 aliphatic carbocycles. The van der Waals surface area contributed by atoms with E-state index in [-0.39, 0.29) is 11.9 Å². The fourth-order valence-electron chi connectivity index (χ4n) is 4.86. The Balaban J connectivity index is 2.13. The Morgan fingerprint density at radius 3 is 1.27 bits per heavy atom. The van der Waals surface area contributed by atoms with Crippen LogP contribution in [0.4, 0.5) is 0 Å². The first-order valence-electron chi connectivity index (χ1n) is 16.7. The van der Waals surface area contributed by atoms with E-state index in [2.05, 4.69) is 38.2 Å². The summed E-state index contributed by atoms with van der Waals surface area (Å²) in [7, 11) is 1.80. The third-order valence-corrected chi connectivity index (χ3v) is 7.27. The molecule has 5 nitrogen and oxygen atoms in total. The number of ether oxygens (including phenoxy) is 2. The number of allylic oxidation sites excluding steroid dienone is 4. The van der Waals surface area contributed by atoms with Gasteiger partial charge in [-0.25, -0.2) is 14.2 Å². The summed E-state index contributed by atoms with van der Waals surface area (Å²) in [5.74, 6) is -0.769. The first kappa shape index (κ1) is 36.6. The summed E-state index contributed by atoms with van der Waals surface area (Å²) in [6.45, 7) is 5.18. The zero-order valence-electron chi connectivity index (χ0n) is 26.7. The smallest absolute Gasteiger partial charge is 0.344 e. The number of pyridine rings is 1. The first-order chi connectivity index (χ1) is 20.1. The molecule has 232 valence electrons. The zero-order valence-corrected chi connectivity index (χ0v) is 26.7. The molecule has 0 N–H and O–H groups in total. The molecule has 0 saturated carbocycles. The maximum atomic E-state index is 12.6. The molecule has 0 amide bonds. The van der Waals surface area contributed by atoms with E-state index in [9.17, 15) is 9.59 Å². The molecule has 1 rings (SSSR count). The van der Waals surface area contributed by atoms with Crippen LogP contribution in [0, 0.1) is 0 Å². The molecule has 5 heteroatoms. The minimum Gasteiger partial charge on any atom is -0.462 e. The highest BCUT2D eigenvalue weighted by molar-refractivity contribution is 5.94. The van der Waals surface area contributed by atoms with E-state index in [1.807, 2.05) is 0 Å². The molecule has 0 aliphatic rings. The predicted molar refractivity (Wildman–Crippen MR) is 170 cm³/mol. The molecule has 1 aromatic heterocycles. The Labute approximate surface area is 251 Å². The van der Waals surface area contributed by atoms with Crippen molar-refractivity contribution in [1.29, 1.82) is 0 Å². The van der Waals surface area contributed by atoms with Crippen molar-refractivity contribution in [2.75, 3.05) is 13.2 Å². The lowest BCUT2D eigenvalue weighted by atomic mass is 10.1. The number of carbonyl (C=O) groups is 2. The average Bonchev–Trinajstić information content (AvgIpc) is 2.97. The van der Waals surface area contributed by atoms with E-state index in [0.717, 1.165) is 38.5 Å². The van der Waals surface area contributed by atoms with Crippen LogP contribution in [0.15, 0.2) is 42.8 Å². The topological polar surface area (TPSA) is 56.5 Å². The van der Waals surface area contributed by atoms with Crippen molar-refractivity contribution in [2.45, 2.75) is 142 Å².